The highest BCUT2D eigenvalue weighted by Crippen LogP contribution is 2.23. The first-order chi connectivity index (χ1) is 15.1. The standard InChI is InChI=1S/C24H19N5O2/c1-15-7-9-17(10-8-15)21-22-26-24(31)19-12-11-18(13-20(19)29(22)28-27-21)23(30)25-14-16-5-3-2-4-6-16/h2-13,28H,14H2,1H3,(H,25,30). The lowest BCUT2D eigenvalue weighted by Crippen LogP contribution is -2.23. The zero-order chi connectivity index (χ0) is 21.4. The van der Waals surface area contributed by atoms with E-state index in [9.17, 15) is 9.59 Å². The molecule has 0 aliphatic rings. The number of aromatic amines is 1. The van der Waals surface area contributed by atoms with E-state index in [4.69, 9.17) is 0 Å². The fourth-order valence-corrected chi connectivity index (χ4v) is 3.55. The molecule has 0 aliphatic heterocycles. The summed E-state index contributed by atoms with van der Waals surface area (Å²) in [5.74, 6) is -0.220. The van der Waals surface area contributed by atoms with Crippen LogP contribution in [0.5, 0.6) is 0 Å². The SMILES string of the molecule is Cc1ccc(-c2n[nH]n3c2nc(=O)c2ccc(C(=O)NCc4ccccc4)cc23)cc1. The number of hydrogen-bond donors (Lipinski definition) is 2. The molecule has 3 aromatic carbocycles. The van der Waals surface area contributed by atoms with E-state index in [1.165, 1.54) is 0 Å². The van der Waals surface area contributed by atoms with Crippen LogP contribution >= 0.6 is 0 Å². The highest BCUT2D eigenvalue weighted by molar-refractivity contribution is 5.98. The lowest BCUT2D eigenvalue weighted by molar-refractivity contribution is 0.0951. The molecule has 1 amide bonds. The average molecular weight is 409 g/mol. The molecule has 5 rings (SSSR count). The van der Waals surface area contributed by atoms with Crippen LogP contribution in [0.1, 0.15) is 21.5 Å². The van der Waals surface area contributed by atoms with E-state index in [1.807, 2.05) is 61.5 Å². The normalized spacial score (nSPS) is 11.1. The van der Waals surface area contributed by atoms with E-state index in [0.717, 1.165) is 16.7 Å². The van der Waals surface area contributed by atoms with Crippen molar-refractivity contribution >= 4 is 22.5 Å². The van der Waals surface area contributed by atoms with E-state index in [0.29, 0.717) is 34.4 Å². The topological polar surface area (TPSA) is 92.2 Å². The quantitative estimate of drug-likeness (QED) is 0.475. The highest BCUT2D eigenvalue weighted by Gasteiger charge is 2.15. The molecule has 2 aromatic heterocycles. The van der Waals surface area contributed by atoms with E-state index in [-0.39, 0.29) is 11.5 Å². The van der Waals surface area contributed by atoms with Crippen molar-refractivity contribution in [2.24, 2.45) is 0 Å². The van der Waals surface area contributed by atoms with E-state index < -0.39 is 0 Å². The minimum atomic E-state index is -0.360. The van der Waals surface area contributed by atoms with Crippen LogP contribution in [0, 0.1) is 6.92 Å². The number of aryl methyl sites for hydroxylation is 1. The number of carbonyl (C=O) groups excluding carboxylic acids is 1. The molecule has 0 saturated heterocycles. The van der Waals surface area contributed by atoms with Crippen molar-refractivity contribution in [3.05, 3.63) is 99.8 Å². The molecule has 0 unspecified atom stereocenters. The van der Waals surface area contributed by atoms with Crippen molar-refractivity contribution in [3.63, 3.8) is 0 Å². The van der Waals surface area contributed by atoms with Crippen molar-refractivity contribution in [2.75, 3.05) is 0 Å². The first-order valence-corrected chi connectivity index (χ1v) is 9.90. The Morgan fingerprint density at radius 2 is 1.81 bits per heavy atom. The lowest BCUT2D eigenvalue weighted by Gasteiger charge is -2.07. The van der Waals surface area contributed by atoms with E-state index >= 15 is 0 Å². The van der Waals surface area contributed by atoms with Gasteiger partial charge in [0, 0.05) is 17.7 Å². The fourth-order valence-electron chi connectivity index (χ4n) is 3.55. The smallest absolute Gasteiger partial charge is 0.281 e. The molecule has 0 spiro atoms. The third-order valence-electron chi connectivity index (χ3n) is 5.24. The summed E-state index contributed by atoms with van der Waals surface area (Å²) in [4.78, 5) is 29.6. The number of amides is 1. The lowest BCUT2D eigenvalue weighted by atomic mass is 10.1. The third kappa shape index (κ3) is 3.46. The van der Waals surface area contributed by atoms with Gasteiger partial charge >= 0.3 is 0 Å². The summed E-state index contributed by atoms with van der Waals surface area (Å²) in [6.07, 6.45) is 0. The summed E-state index contributed by atoms with van der Waals surface area (Å²) in [5, 5.41) is 10.6. The predicted molar refractivity (Wildman–Crippen MR) is 119 cm³/mol. The first-order valence-electron chi connectivity index (χ1n) is 9.90. The van der Waals surface area contributed by atoms with Crippen LogP contribution < -0.4 is 10.9 Å². The number of aromatic nitrogens is 4. The van der Waals surface area contributed by atoms with Crippen molar-refractivity contribution in [1.29, 1.82) is 0 Å². The fraction of sp³-hybridized carbons (Fsp3) is 0.0833. The van der Waals surface area contributed by atoms with Gasteiger partial charge in [-0.3, -0.25) is 9.59 Å². The Morgan fingerprint density at radius 1 is 1.03 bits per heavy atom. The van der Waals surface area contributed by atoms with Gasteiger partial charge in [0.25, 0.3) is 11.5 Å². The second-order valence-corrected chi connectivity index (χ2v) is 7.40. The minimum Gasteiger partial charge on any atom is -0.348 e. The molecular formula is C24H19N5O2. The van der Waals surface area contributed by atoms with Gasteiger partial charge in [-0.2, -0.15) is 10.1 Å². The van der Waals surface area contributed by atoms with Crippen molar-refractivity contribution in [3.8, 4) is 11.3 Å². The summed E-state index contributed by atoms with van der Waals surface area (Å²) in [5.41, 5.74) is 4.64. The van der Waals surface area contributed by atoms with Crippen LogP contribution in [0.15, 0.2) is 77.6 Å². The number of hydrogen-bond acceptors (Lipinski definition) is 4. The molecule has 2 N–H and O–H groups in total. The molecule has 0 saturated carbocycles. The second-order valence-electron chi connectivity index (χ2n) is 7.40. The zero-order valence-electron chi connectivity index (χ0n) is 16.8. The van der Waals surface area contributed by atoms with Gasteiger partial charge < -0.3 is 5.32 Å². The zero-order valence-corrected chi connectivity index (χ0v) is 16.8. The number of nitrogens with zero attached hydrogens (tertiary/aromatic N) is 3. The Kier molecular flexibility index (Phi) is 4.55. The van der Waals surface area contributed by atoms with Crippen molar-refractivity contribution < 1.29 is 4.79 Å². The molecule has 7 heteroatoms. The summed E-state index contributed by atoms with van der Waals surface area (Å²) >= 11 is 0. The summed E-state index contributed by atoms with van der Waals surface area (Å²) in [7, 11) is 0. The highest BCUT2D eigenvalue weighted by atomic mass is 16.1. The molecule has 7 nitrogen and oxygen atoms in total. The van der Waals surface area contributed by atoms with Gasteiger partial charge in [-0.25, -0.2) is 9.73 Å². The van der Waals surface area contributed by atoms with E-state index in [2.05, 4.69) is 20.6 Å². The number of H-pyrrole nitrogens is 1. The second kappa shape index (κ2) is 7.53. The number of rotatable bonds is 4. The monoisotopic (exact) mass is 409 g/mol. The molecule has 2 heterocycles. The summed E-state index contributed by atoms with van der Waals surface area (Å²) in [6, 6.07) is 22.5. The molecule has 0 aliphatic carbocycles. The van der Waals surface area contributed by atoms with Crippen LogP contribution in [0.4, 0.5) is 0 Å². The number of benzene rings is 3. The molecule has 0 fully saturated rings. The van der Waals surface area contributed by atoms with Crippen LogP contribution in [0.3, 0.4) is 0 Å². The first kappa shape index (κ1) is 18.7. The van der Waals surface area contributed by atoms with Crippen LogP contribution in [-0.2, 0) is 6.54 Å². The third-order valence-corrected chi connectivity index (χ3v) is 5.24. The average Bonchev–Trinajstić information content (AvgIpc) is 3.22. The summed E-state index contributed by atoms with van der Waals surface area (Å²) < 4.78 is 1.64. The van der Waals surface area contributed by atoms with Gasteiger partial charge in [0.2, 0.25) is 0 Å². The van der Waals surface area contributed by atoms with Gasteiger partial charge in [-0.05, 0) is 30.7 Å². The molecule has 31 heavy (non-hydrogen) atoms. The predicted octanol–water partition coefficient (Wildman–Crippen LogP) is 3.48. The Labute approximate surface area is 177 Å². The Hall–Kier alpha value is -4.26. The van der Waals surface area contributed by atoms with Crippen LogP contribution in [-0.4, -0.2) is 25.7 Å². The minimum absolute atomic E-state index is 0.220. The molecule has 0 radical (unpaired) electrons. The molecular weight excluding hydrogens is 390 g/mol. The molecule has 152 valence electrons. The number of fused-ring (bicyclic) bond motifs is 3. The van der Waals surface area contributed by atoms with Crippen LogP contribution in [0.25, 0.3) is 27.8 Å². The van der Waals surface area contributed by atoms with Gasteiger partial charge in [-0.15, -0.1) is 0 Å². The van der Waals surface area contributed by atoms with Crippen molar-refractivity contribution in [2.45, 2.75) is 13.5 Å². The number of nitrogens with one attached hydrogen (secondary N) is 2. The summed E-state index contributed by atoms with van der Waals surface area (Å²) in [6.45, 7) is 2.43. The van der Waals surface area contributed by atoms with Crippen molar-refractivity contribution in [1.82, 2.24) is 25.1 Å². The molecule has 5 aromatic rings. The maximum absolute atomic E-state index is 12.7. The Bertz CT molecular complexity index is 1470. The molecule has 0 atom stereocenters. The maximum atomic E-state index is 12.7. The largest absolute Gasteiger partial charge is 0.348 e. The Morgan fingerprint density at radius 3 is 2.58 bits per heavy atom. The van der Waals surface area contributed by atoms with Crippen LogP contribution in [0.2, 0.25) is 0 Å². The number of carbonyl (C=O) groups is 1. The van der Waals surface area contributed by atoms with Gasteiger partial charge in [0.1, 0.15) is 5.69 Å². The maximum Gasteiger partial charge on any atom is 0.281 e. The Balaban J connectivity index is 1.55. The van der Waals surface area contributed by atoms with Gasteiger partial charge in [0.05, 0.1) is 10.9 Å². The van der Waals surface area contributed by atoms with E-state index in [1.54, 1.807) is 22.7 Å². The molecule has 0 bridgehead atoms. The van der Waals surface area contributed by atoms with Gasteiger partial charge in [0.15, 0.2) is 5.65 Å². The van der Waals surface area contributed by atoms with Gasteiger partial charge in [-0.1, -0.05) is 60.2 Å².